The highest BCUT2D eigenvalue weighted by molar-refractivity contribution is 8.01. The molecule has 0 bridgehead atoms. The van der Waals surface area contributed by atoms with Gasteiger partial charge in [-0.1, -0.05) is 35.2 Å². The van der Waals surface area contributed by atoms with E-state index in [9.17, 15) is 4.39 Å². The van der Waals surface area contributed by atoms with Gasteiger partial charge in [0, 0.05) is 12.3 Å². The summed E-state index contributed by atoms with van der Waals surface area (Å²) in [5, 5.41) is 12.3. The number of methoxy groups -OCH3 is 1. The zero-order chi connectivity index (χ0) is 18.9. The molecular formula is C19H20FN3O2S2. The maximum atomic E-state index is 12.9. The Hall–Kier alpha value is -2.32. The van der Waals surface area contributed by atoms with Crippen LogP contribution in [0.4, 0.5) is 9.52 Å². The number of hydrogen-bond acceptors (Lipinski definition) is 7. The summed E-state index contributed by atoms with van der Waals surface area (Å²) in [5.74, 6) is 2.33. The fraction of sp³-hybridized carbons (Fsp3) is 0.263. The number of nitrogens with one attached hydrogen (secondary N) is 1. The van der Waals surface area contributed by atoms with Crippen molar-refractivity contribution in [3.8, 4) is 11.5 Å². The van der Waals surface area contributed by atoms with Gasteiger partial charge in [0.2, 0.25) is 5.13 Å². The Kier molecular flexibility index (Phi) is 7.29. The first kappa shape index (κ1) is 19.4. The second kappa shape index (κ2) is 10.1. The van der Waals surface area contributed by atoms with Crippen LogP contribution in [-0.4, -0.2) is 29.7 Å². The van der Waals surface area contributed by atoms with Gasteiger partial charge in [-0.05, 0) is 48.4 Å². The predicted molar refractivity (Wildman–Crippen MR) is 107 cm³/mol. The summed E-state index contributed by atoms with van der Waals surface area (Å²) in [6, 6.07) is 14.0. The quantitative estimate of drug-likeness (QED) is 0.384. The van der Waals surface area contributed by atoms with Crippen molar-refractivity contribution in [1.29, 1.82) is 0 Å². The van der Waals surface area contributed by atoms with Crippen LogP contribution < -0.4 is 14.8 Å². The summed E-state index contributed by atoms with van der Waals surface area (Å²) in [5.41, 5.74) is 0.997. The van der Waals surface area contributed by atoms with Gasteiger partial charge in [-0.3, -0.25) is 0 Å². The third-order valence-corrected chi connectivity index (χ3v) is 5.71. The van der Waals surface area contributed by atoms with Crippen molar-refractivity contribution in [2.24, 2.45) is 0 Å². The molecule has 27 heavy (non-hydrogen) atoms. The summed E-state index contributed by atoms with van der Waals surface area (Å²) in [4.78, 5) is 0. The molecule has 2 aromatic carbocycles. The van der Waals surface area contributed by atoms with Gasteiger partial charge in [-0.15, -0.1) is 10.2 Å². The third-order valence-electron chi connectivity index (χ3n) is 3.61. The van der Waals surface area contributed by atoms with Crippen LogP contribution in [0.5, 0.6) is 11.5 Å². The van der Waals surface area contributed by atoms with Crippen LogP contribution in [0, 0.1) is 5.82 Å². The molecule has 0 radical (unpaired) electrons. The number of hydrogen-bond donors (Lipinski definition) is 1. The summed E-state index contributed by atoms with van der Waals surface area (Å²) >= 11 is 3.18. The molecule has 0 saturated heterocycles. The Balaban J connectivity index is 1.33. The lowest BCUT2D eigenvalue weighted by Crippen LogP contribution is -1.98. The summed E-state index contributed by atoms with van der Waals surface area (Å²) in [7, 11) is 1.64. The molecule has 0 amide bonds. The van der Waals surface area contributed by atoms with Crippen LogP contribution >= 0.6 is 23.1 Å². The van der Waals surface area contributed by atoms with Crippen molar-refractivity contribution in [3.05, 3.63) is 59.9 Å². The Morgan fingerprint density at radius 2 is 1.78 bits per heavy atom. The van der Waals surface area contributed by atoms with Crippen LogP contribution in [0.15, 0.2) is 52.9 Å². The first-order valence-corrected chi connectivity index (χ1v) is 10.2. The molecule has 0 aliphatic heterocycles. The van der Waals surface area contributed by atoms with E-state index in [0.717, 1.165) is 38.7 Å². The summed E-state index contributed by atoms with van der Waals surface area (Å²) < 4.78 is 24.6. The van der Waals surface area contributed by atoms with Gasteiger partial charge < -0.3 is 14.8 Å². The number of benzene rings is 2. The highest BCUT2D eigenvalue weighted by Gasteiger charge is 2.05. The molecule has 0 fully saturated rings. The number of anilines is 1. The monoisotopic (exact) mass is 405 g/mol. The summed E-state index contributed by atoms with van der Waals surface area (Å²) in [6.07, 6.45) is 0.911. The molecule has 3 rings (SSSR count). The SMILES string of the molecule is COc1ccc(OCCCSc2nnc(NCc3ccc(F)cc3)s2)cc1. The average molecular weight is 406 g/mol. The lowest BCUT2D eigenvalue weighted by molar-refractivity contribution is 0.318. The van der Waals surface area contributed by atoms with Crippen LogP contribution in [-0.2, 0) is 6.54 Å². The van der Waals surface area contributed by atoms with Gasteiger partial charge in [0.15, 0.2) is 4.34 Å². The van der Waals surface area contributed by atoms with E-state index in [0.29, 0.717) is 13.2 Å². The molecule has 8 heteroatoms. The Morgan fingerprint density at radius 1 is 1.04 bits per heavy atom. The number of thioether (sulfide) groups is 1. The first-order valence-electron chi connectivity index (χ1n) is 8.44. The molecule has 0 unspecified atom stereocenters. The van der Waals surface area contributed by atoms with Crippen molar-refractivity contribution >= 4 is 28.2 Å². The van der Waals surface area contributed by atoms with Crippen molar-refractivity contribution < 1.29 is 13.9 Å². The van der Waals surface area contributed by atoms with Gasteiger partial charge in [-0.25, -0.2) is 4.39 Å². The summed E-state index contributed by atoms with van der Waals surface area (Å²) in [6.45, 7) is 1.24. The molecule has 1 heterocycles. The molecule has 3 aromatic rings. The van der Waals surface area contributed by atoms with E-state index in [4.69, 9.17) is 9.47 Å². The zero-order valence-electron chi connectivity index (χ0n) is 14.9. The van der Waals surface area contributed by atoms with E-state index >= 15 is 0 Å². The van der Waals surface area contributed by atoms with Crippen molar-refractivity contribution in [3.63, 3.8) is 0 Å². The molecule has 0 saturated carbocycles. The smallest absolute Gasteiger partial charge is 0.206 e. The van der Waals surface area contributed by atoms with Crippen LogP contribution in [0.25, 0.3) is 0 Å². The standard InChI is InChI=1S/C19H20FN3O2S2/c1-24-16-7-9-17(10-8-16)25-11-2-12-26-19-23-22-18(27-19)21-13-14-3-5-15(20)6-4-14/h3-10H,2,11-13H2,1H3,(H,21,22). The maximum Gasteiger partial charge on any atom is 0.206 e. The molecule has 1 aromatic heterocycles. The topological polar surface area (TPSA) is 56.3 Å². The number of rotatable bonds is 10. The molecule has 0 spiro atoms. The van der Waals surface area contributed by atoms with Crippen LogP contribution in [0.1, 0.15) is 12.0 Å². The van der Waals surface area contributed by atoms with E-state index in [1.807, 2.05) is 24.3 Å². The van der Waals surface area contributed by atoms with Crippen molar-refractivity contribution in [1.82, 2.24) is 10.2 Å². The number of halogens is 1. The van der Waals surface area contributed by atoms with Crippen LogP contribution in [0.2, 0.25) is 0 Å². The van der Waals surface area contributed by atoms with Gasteiger partial charge in [0.1, 0.15) is 17.3 Å². The average Bonchev–Trinajstić information content (AvgIpc) is 3.15. The van der Waals surface area contributed by atoms with Crippen molar-refractivity contribution in [2.75, 3.05) is 24.8 Å². The van der Waals surface area contributed by atoms with E-state index in [1.165, 1.54) is 23.5 Å². The molecule has 0 aliphatic carbocycles. The number of nitrogens with zero attached hydrogens (tertiary/aromatic N) is 2. The van der Waals surface area contributed by atoms with Gasteiger partial charge in [0.05, 0.1) is 13.7 Å². The Bertz CT molecular complexity index is 826. The van der Waals surface area contributed by atoms with E-state index in [1.54, 1.807) is 31.0 Å². The molecular weight excluding hydrogens is 385 g/mol. The lowest BCUT2D eigenvalue weighted by atomic mass is 10.2. The molecule has 142 valence electrons. The minimum absolute atomic E-state index is 0.232. The highest BCUT2D eigenvalue weighted by Crippen LogP contribution is 2.26. The van der Waals surface area contributed by atoms with E-state index in [-0.39, 0.29) is 5.82 Å². The number of aromatic nitrogens is 2. The highest BCUT2D eigenvalue weighted by atomic mass is 32.2. The second-order valence-corrected chi connectivity index (χ2v) is 7.90. The fourth-order valence-corrected chi connectivity index (χ4v) is 3.93. The van der Waals surface area contributed by atoms with Crippen molar-refractivity contribution in [2.45, 2.75) is 17.3 Å². The normalized spacial score (nSPS) is 10.6. The van der Waals surface area contributed by atoms with Gasteiger partial charge in [0.25, 0.3) is 0 Å². The fourth-order valence-electron chi connectivity index (χ4n) is 2.20. The molecule has 1 N–H and O–H groups in total. The maximum absolute atomic E-state index is 12.9. The first-order chi connectivity index (χ1) is 13.2. The minimum atomic E-state index is -0.232. The van der Waals surface area contributed by atoms with Gasteiger partial charge in [-0.2, -0.15) is 0 Å². The molecule has 5 nitrogen and oxygen atoms in total. The predicted octanol–water partition coefficient (Wildman–Crippen LogP) is 4.86. The molecule has 0 atom stereocenters. The molecule has 0 aliphatic rings. The lowest BCUT2D eigenvalue weighted by Gasteiger charge is -2.06. The van der Waals surface area contributed by atoms with Crippen LogP contribution in [0.3, 0.4) is 0 Å². The largest absolute Gasteiger partial charge is 0.497 e. The van der Waals surface area contributed by atoms with Gasteiger partial charge >= 0.3 is 0 Å². The zero-order valence-corrected chi connectivity index (χ0v) is 16.5. The third kappa shape index (κ3) is 6.41. The second-order valence-electron chi connectivity index (χ2n) is 5.58. The van der Waals surface area contributed by atoms with E-state index in [2.05, 4.69) is 15.5 Å². The van der Waals surface area contributed by atoms with E-state index < -0.39 is 0 Å². The minimum Gasteiger partial charge on any atom is -0.497 e. The number of ether oxygens (including phenoxy) is 2. The Labute approximate surface area is 165 Å². The Morgan fingerprint density at radius 3 is 2.52 bits per heavy atom.